The standard InChI is InChI=1S/C19H29N3O3/c1-19(2,3)14-10-16(12-20-11-14)21-15-4-6-22(7-5-15)18(23)17-13-24-8-9-25-17/h10-12,15,17,21H,4-9,13H2,1-3H3. The third-order valence-electron chi connectivity index (χ3n) is 4.87. The molecule has 2 aliphatic rings. The average Bonchev–Trinajstić information content (AvgIpc) is 2.62. The van der Waals surface area contributed by atoms with Gasteiger partial charge in [-0.05, 0) is 29.9 Å². The molecule has 6 nitrogen and oxygen atoms in total. The predicted molar refractivity (Wildman–Crippen MR) is 96.7 cm³/mol. The first kappa shape index (κ1) is 18.1. The molecule has 0 spiro atoms. The van der Waals surface area contributed by atoms with Gasteiger partial charge in [-0.15, -0.1) is 0 Å². The monoisotopic (exact) mass is 347 g/mol. The van der Waals surface area contributed by atoms with Crippen molar-refractivity contribution in [2.24, 2.45) is 0 Å². The molecule has 6 heteroatoms. The third-order valence-corrected chi connectivity index (χ3v) is 4.87. The number of carbonyl (C=O) groups is 1. The van der Waals surface area contributed by atoms with Crippen molar-refractivity contribution in [1.82, 2.24) is 9.88 Å². The summed E-state index contributed by atoms with van der Waals surface area (Å²) in [4.78, 5) is 18.7. The van der Waals surface area contributed by atoms with E-state index in [0.717, 1.165) is 31.6 Å². The number of carbonyl (C=O) groups excluding carboxylic acids is 1. The van der Waals surface area contributed by atoms with E-state index in [2.05, 4.69) is 37.1 Å². The number of anilines is 1. The number of pyridine rings is 1. The van der Waals surface area contributed by atoms with E-state index in [1.54, 1.807) is 0 Å². The number of piperidine rings is 1. The van der Waals surface area contributed by atoms with Gasteiger partial charge in [-0.1, -0.05) is 20.8 Å². The molecule has 0 saturated carbocycles. The van der Waals surface area contributed by atoms with Crippen LogP contribution in [0.1, 0.15) is 39.2 Å². The normalized spacial score (nSPS) is 22.7. The van der Waals surface area contributed by atoms with E-state index in [0.29, 0.717) is 25.9 Å². The van der Waals surface area contributed by atoms with Crippen LogP contribution in [0.15, 0.2) is 18.5 Å². The van der Waals surface area contributed by atoms with Crippen LogP contribution in [-0.2, 0) is 19.7 Å². The second-order valence-corrected chi connectivity index (χ2v) is 7.89. The molecule has 0 radical (unpaired) electrons. The highest BCUT2D eigenvalue weighted by atomic mass is 16.6. The molecule has 1 N–H and O–H groups in total. The Morgan fingerprint density at radius 3 is 2.64 bits per heavy atom. The van der Waals surface area contributed by atoms with Gasteiger partial charge in [0, 0.05) is 31.5 Å². The van der Waals surface area contributed by atoms with E-state index in [1.165, 1.54) is 5.56 Å². The minimum atomic E-state index is -0.425. The molecule has 25 heavy (non-hydrogen) atoms. The summed E-state index contributed by atoms with van der Waals surface area (Å²) in [5.74, 6) is 0.0644. The van der Waals surface area contributed by atoms with Crippen molar-refractivity contribution in [2.75, 3.05) is 38.2 Å². The van der Waals surface area contributed by atoms with Crippen molar-refractivity contribution >= 4 is 11.6 Å². The second-order valence-electron chi connectivity index (χ2n) is 7.89. The summed E-state index contributed by atoms with van der Waals surface area (Å²) in [5.41, 5.74) is 2.36. The quantitative estimate of drug-likeness (QED) is 0.908. The molecule has 1 amide bonds. The number of hydrogen-bond acceptors (Lipinski definition) is 5. The Labute approximate surface area is 149 Å². The van der Waals surface area contributed by atoms with Crippen LogP contribution < -0.4 is 5.32 Å². The van der Waals surface area contributed by atoms with Crippen LogP contribution in [-0.4, -0.2) is 60.8 Å². The number of nitrogens with one attached hydrogen (secondary N) is 1. The van der Waals surface area contributed by atoms with Gasteiger partial charge in [0.2, 0.25) is 0 Å². The van der Waals surface area contributed by atoms with E-state index in [1.807, 2.05) is 17.3 Å². The van der Waals surface area contributed by atoms with Crippen molar-refractivity contribution in [3.63, 3.8) is 0 Å². The molecule has 1 aromatic heterocycles. The number of ether oxygens (including phenoxy) is 2. The molecule has 3 heterocycles. The zero-order valence-corrected chi connectivity index (χ0v) is 15.5. The summed E-state index contributed by atoms with van der Waals surface area (Å²) in [6.45, 7) is 9.54. The van der Waals surface area contributed by atoms with Crippen LogP contribution in [0.5, 0.6) is 0 Å². The molecular weight excluding hydrogens is 318 g/mol. The number of aromatic nitrogens is 1. The van der Waals surface area contributed by atoms with E-state index in [-0.39, 0.29) is 11.3 Å². The number of amides is 1. The second kappa shape index (κ2) is 7.70. The molecule has 1 aromatic rings. The molecule has 3 rings (SSSR count). The lowest BCUT2D eigenvalue weighted by atomic mass is 9.88. The van der Waals surface area contributed by atoms with Crippen LogP contribution in [0.2, 0.25) is 0 Å². The Balaban J connectivity index is 1.52. The van der Waals surface area contributed by atoms with Gasteiger partial charge < -0.3 is 19.7 Å². The van der Waals surface area contributed by atoms with Crippen LogP contribution in [0.25, 0.3) is 0 Å². The molecule has 0 aromatic carbocycles. The maximum absolute atomic E-state index is 12.5. The van der Waals surface area contributed by atoms with Crippen LogP contribution in [0.4, 0.5) is 5.69 Å². The highest BCUT2D eigenvalue weighted by Crippen LogP contribution is 2.25. The summed E-state index contributed by atoms with van der Waals surface area (Å²) in [6.07, 6.45) is 5.24. The first-order valence-corrected chi connectivity index (χ1v) is 9.14. The maximum atomic E-state index is 12.5. The van der Waals surface area contributed by atoms with Gasteiger partial charge in [0.25, 0.3) is 5.91 Å². The predicted octanol–water partition coefficient (Wildman–Crippen LogP) is 2.20. The minimum Gasteiger partial charge on any atom is -0.381 e. The fourth-order valence-electron chi connectivity index (χ4n) is 3.24. The molecule has 2 aliphatic heterocycles. The van der Waals surface area contributed by atoms with Gasteiger partial charge in [-0.2, -0.15) is 0 Å². The van der Waals surface area contributed by atoms with Gasteiger partial charge in [0.05, 0.1) is 25.5 Å². The van der Waals surface area contributed by atoms with Crippen LogP contribution in [0, 0.1) is 0 Å². The minimum absolute atomic E-state index is 0.0644. The van der Waals surface area contributed by atoms with Crippen molar-refractivity contribution < 1.29 is 14.3 Å². The topological polar surface area (TPSA) is 63.7 Å². The van der Waals surface area contributed by atoms with Crippen LogP contribution >= 0.6 is 0 Å². The molecular formula is C19H29N3O3. The van der Waals surface area contributed by atoms with Crippen molar-refractivity contribution in [2.45, 2.75) is 51.2 Å². The molecule has 138 valence electrons. The van der Waals surface area contributed by atoms with E-state index in [9.17, 15) is 4.79 Å². The average molecular weight is 347 g/mol. The molecule has 2 saturated heterocycles. The summed E-state index contributed by atoms with van der Waals surface area (Å²) in [5, 5.41) is 3.58. The third kappa shape index (κ3) is 4.70. The lowest BCUT2D eigenvalue weighted by Crippen LogP contribution is -2.49. The molecule has 1 unspecified atom stereocenters. The fraction of sp³-hybridized carbons (Fsp3) is 0.684. The Morgan fingerprint density at radius 1 is 1.24 bits per heavy atom. The van der Waals surface area contributed by atoms with Crippen LogP contribution in [0.3, 0.4) is 0 Å². The molecule has 0 bridgehead atoms. The zero-order chi connectivity index (χ0) is 17.9. The lowest BCUT2D eigenvalue weighted by molar-refractivity contribution is -0.158. The van der Waals surface area contributed by atoms with Crippen molar-refractivity contribution in [3.05, 3.63) is 24.0 Å². The first-order valence-electron chi connectivity index (χ1n) is 9.14. The van der Waals surface area contributed by atoms with Crippen molar-refractivity contribution in [3.8, 4) is 0 Å². The summed E-state index contributed by atoms with van der Waals surface area (Å²) in [7, 11) is 0. The summed E-state index contributed by atoms with van der Waals surface area (Å²) >= 11 is 0. The van der Waals surface area contributed by atoms with E-state index < -0.39 is 6.10 Å². The Bertz CT molecular complexity index is 586. The Hall–Kier alpha value is -1.66. The number of rotatable bonds is 3. The summed E-state index contributed by atoms with van der Waals surface area (Å²) < 4.78 is 10.9. The van der Waals surface area contributed by atoms with E-state index in [4.69, 9.17) is 9.47 Å². The summed E-state index contributed by atoms with van der Waals surface area (Å²) in [6, 6.07) is 2.54. The van der Waals surface area contributed by atoms with Gasteiger partial charge in [-0.25, -0.2) is 0 Å². The number of nitrogens with zero attached hydrogens (tertiary/aromatic N) is 2. The zero-order valence-electron chi connectivity index (χ0n) is 15.5. The smallest absolute Gasteiger partial charge is 0.254 e. The first-order chi connectivity index (χ1) is 11.9. The molecule has 0 aliphatic carbocycles. The molecule has 2 fully saturated rings. The maximum Gasteiger partial charge on any atom is 0.254 e. The lowest BCUT2D eigenvalue weighted by Gasteiger charge is -2.35. The van der Waals surface area contributed by atoms with Gasteiger partial charge >= 0.3 is 0 Å². The van der Waals surface area contributed by atoms with E-state index >= 15 is 0 Å². The van der Waals surface area contributed by atoms with Gasteiger partial charge in [-0.3, -0.25) is 9.78 Å². The highest BCUT2D eigenvalue weighted by molar-refractivity contribution is 5.81. The molecule has 1 atom stereocenters. The largest absolute Gasteiger partial charge is 0.381 e. The number of likely N-dealkylation sites (tertiary alicyclic amines) is 1. The van der Waals surface area contributed by atoms with Gasteiger partial charge in [0.15, 0.2) is 6.10 Å². The van der Waals surface area contributed by atoms with Crippen molar-refractivity contribution in [1.29, 1.82) is 0 Å². The Kier molecular flexibility index (Phi) is 5.59. The SMILES string of the molecule is CC(C)(C)c1cncc(NC2CCN(C(=O)C3COCCO3)CC2)c1. The number of hydrogen-bond donors (Lipinski definition) is 1. The Morgan fingerprint density at radius 2 is 2.00 bits per heavy atom. The fourth-order valence-corrected chi connectivity index (χ4v) is 3.24. The van der Waals surface area contributed by atoms with Gasteiger partial charge in [0.1, 0.15) is 0 Å². The highest BCUT2D eigenvalue weighted by Gasteiger charge is 2.30.